The Bertz CT molecular complexity index is 278. The van der Waals surface area contributed by atoms with Crippen LogP contribution in [0.3, 0.4) is 0 Å². The van der Waals surface area contributed by atoms with E-state index in [4.69, 9.17) is 0 Å². The lowest BCUT2D eigenvalue weighted by Gasteiger charge is -2.05. The summed E-state index contributed by atoms with van der Waals surface area (Å²) in [7, 11) is 0. The highest BCUT2D eigenvalue weighted by Crippen LogP contribution is 2.21. The molecule has 1 rings (SSSR count). The summed E-state index contributed by atoms with van der Waals surface area (Å²) in [5, 5.41) is 0. The van der Waals surface area contributed by atoms with Gasteiger partial charge in [0.1, 0.15) is 0 Å². The second kappa shape index (κ2) is 5.13. The summed E-state index contributed by atoms with van der Waals surface area (Å²) >= 11 is 1.90. The molecule has 0 N–H and O–H groups in total. The molecule has 1 aromatic rings. The largest absolute Gasteiger partial charge is 0.126 e. The van der Waals surface area contributed by atoms with Crippen LogP contribution in [0.15, 0.2) is 41.8 Å². The van der Waals surface area contributed by atoms with E-state index in [9.17, 15) is 0 Å². The first-order valence-electron chi connectivity index (χ1n) is 4.54. The van der Waals surface area contributed by atoms with Crippen molar-refractivity contribution >= 4 is 11.8 Å². The Kier molecular flexibility index (Phi) is 4.10. The maximum atomic E-state index is 3.78. The number of aryl methyl sites for hydroxylation is 1. The number of rotatable bonds is 4. The van der Waals surface area contributed by atoms with E-state index in [1.54, 1.807) is 0 Å². The van der Waals surface area contributed by atoms with Crippen molar-refractivity contribution in [3.05, 3.63) is 42.5 Å². The Morgan fingerprint density at radius 2 is 2.31 bits per heavy atom. The highest BCUT2D eigenvalue weighted by molar-refractivity contribution is 7.99. The van der Waals surface area contributed by atoms with Crippen LogP contribution in [0.1, 0.15) is 12.5 Å². The number of allylic oxidation sites excluding steroid dienone is 1. The normalized spacial score (nSPS) is 12.5. The fourth-order valence-electron chi connectivity index (χ4n) is 1.00. The molecule has 0 amide bonds. The SMILES string of the molecule is C=CC(C)CSc1cccc(C)c1. The Balaban J connectivity index is 2.49. The molecule has 13 heavy (non-hydrogen) atoms. The van der Waals surface area contributed by atoms with E-state index in [0.29, 0.717) is 5.92 Å². The maximum Gasteiger partial charge on any atom is 0.00747 e. The predicted molar refractivity (Wildman–Crippen MR) is 61.3 cm³/mol. The van der Waals surface area contributed by atoms with Crippen molar-refractivity contribution in [2.45, 2.75) is 18.7 Å². The molecule has 1 unspecified atom stereocenters. The first kappa shape index (κ1) is 10.4. The second-order valence-electron chi connectivity index (χ2n) is 3.34. The molecule has 0 spiro atoms. The van der Waals surface area contributed by atoms with Gasteiger partial charge in [0.15, 0.2) is 0 Å². The summed E-state index contributed by atoms with van der Waals surface area (Å²) in [5.41, 5.74) is 1.33. The van der Waals surface area contributed by atoms with Gasteiger partial charge in [-0.25, -0.2) is 0 Å². The number of hydrogen-bond acceptors (Lipinski definition) is 1. The molecule has 0 radical (unpaired) electrons. The van der Waals surface area contributed by atoms with Gasteiger partial charge in [0.25, 0.3) is 0 Å². The van der Waals surface area contributed by atoms with Crippen molar-refractivity contribution in [1.29, 1.82) is 0 Å². The molecule has 0 bridgehead atoms. The van der Waals surface area contributed by atoms with Gasteiger partial charge in [-0.3, -0.25) is 0 Å². The van der Waals surface area contributed by atoms with Crippen LogP contribution < -0.4 is 0 Å². The molecule has 0 aromatic heterocycles. The molecule has 0 saturated carbocycles. The van der Waals surface area contributed by atoms with Gasteiger partial charge >= 0.3 is 0 Å². The van der Waals surface area contributed by atoms with Crippen molar-refractivity contribution in [2.24, 2.45) is 5.92 Å². The Labute approximate surface area is 85.1 Å². The fourth-order valence-corrected chi connectivity index (χ4v) is 2.04. The standard InChI is InChI=1S/C12H16S/c1-4-10(2)9-13-12-7-5-6-11(3)8-12/h4-8,10H,1,9H2,2-3H3. The van der Waals surface area contributed by atoms with Crippen LogP contribution in [-0.4, -0.2) is 5.75 Å². The zero-order chi connectivity index (χ0) is 9.68. The maximum absolute atomic E-state index is 3.78. The third-order valence-electron chi connectivity index (χ3n) is 1.90. The molecule has 1 heteroatoms. The molecule has 1 atom stereocenters. The van der Waals surface area contributed by atoms with Crippen LogP contribution >= 0.6 is 11.8 Å². The lowest BCUT2D eigenvalue weighted by atomic mass is 10.2. The fraction of sp³-hybridized carbons (Fsp3) is 0.333. The molecule has 0 heterocycles. The molecule has 70 valence electrons. The smallest absolute Gasteiger partial charge is 0.00747 e. The van der Waals surface area contributed by atoms with Crippen LogP contribution in [0.2, 0.25) is 0 Å². The van der Waals surface area contributed by atoms with E-state index < -0.39 is 0 Å². The lowest BCUT2D eigenvalue weighted by molar-refractivity contribution is 0.849. The van der Waals surface area contributed by atoms with Crippen LogP contribution in [0.5, 0.6) is 0 Å². The van der Waals surface area contributed by atoms with E-state index in [1.807, 2.05) is 17.8 Å². The molecule has 0 aliphatic heterocycles. The minimum Gasteiger partial charge on any atom is -0.126 e. The highest BCUT2D eigenvalue weighted by Gasteiger charge is 1.98. The van der Waals surface area contributed by atoms with Gasteiger partial charge in [0.2, 0.25) is 0 Å². The van der Waals surface area contributed by atoms with Crippen molar-refractivity contribution in [3.8, 4) is 0 Å². The summed E-state index contributed by atoms with van der Waals surface area (Å²) in [4.78, 5) is 1.36. The van der Waals surface area contributed by atoms with Gasteiger partial charge in [-0.2, -0.15) is 0 Å². The van der Waals surface area contributed by atoms with Crippen molar-refractivity contribution < 1.29 is 0 Å². The first-order chi connectivity index (χ1) is 6.22. The van der Waals surface area contributed by atoms with E-state index in [0.717, 1.165) is 5.75 Å². The minimum atomic E-state index is 0.588. The quantitative estimate of drug-likeness (QED) is 0.515. The second-order valence-corrected chi connectivity index (χ2v) is 4.43. The number of hydrogen-bond donors (Lipinski definition) is 0. The Hall–Kier alpha value is -0.690. The summed E-state index contributed by atoms with van der Waals surface area (Å²) in [6.45, 7) is 8.09. The predicted octanol–water partition coefficient (Wildman–Crippen LogP) is 3.91. The average Bonchev–Trinajstić information content (AvgIpc) is 2.14. The average molecular weight is 192 g/mol. The molecule has 0 nitrogen and oxygen atoms in total. The van der Waals surface area contributed by atoms with Gasteiger partial charge in [-0.15, -0.1) is 18.3 Å². The third-order valence-corrected chi connectivity index (χ3v) is 3.18. The van der Waals surface area contributed by atoms with Gasteiger partial charge in [0.05, 0.1) is 0 Å². The van der Waals surface area contributed by atoms with Crippen molar-refractivity contribution in [1.82, 2.24) is 0 Å². The molecule has 1 aromatic carbocycles. The lowest BCUT2D eigenvalue weighted by Crippen LogP contribution is -1.91. The Morgan fingerprint density at radius 1 is 1.54 bits per heavy atom. The van der Waals surface area contributed by atoms with Crippen LogP contribution in [0.4, 0.5) is 0 Å². The minimum absolute atomic E-state index is 0.588. The van der Waals surface area contributed by atoms with E-state index in [-0.39, 0.29) is 0 Å². The van der Waals surface area contributed by atoms with Gasteiger partial charge in [-0.05, 0) is 25.0 Å². The number of thioether (sulfide) groups is 1. The number of benzene rings is 1. The van der Waals surface area contributed by atoms with Gasteiger partial charge < -0.3 is 0 Å². The highest BCUT2D eigenvalue weighted by atomic mass is 32.2. The van der Waals surface area contributed by atoms with Gasteiger partial charge in [-0.1, -0.05) is 30.7 Å². The van der Waals surface area contributed by atoms with Crippen LogP contribution in [0, 0.1) is 12.8 Å². The summed E-state index contributed by atoms with van der Waals surface area (Å²) in [6, 6.07) is 8.62. The zero-order valence-electron chi connectivity index (χ0n) is 8.29. The van der Waals surface area contributed by atoms with Crippen LogP contribution in [-0.2, 0) is 0 Å². The monoisotopic (exact) mass is 192 g/mol. The molecular weight excluding hydrogens is 176 g/mol. The molecule has 0 fully saturated rings. The topological polar surface area (TPSA) is 0 Å². The summed E-state index contributed by atoms with van der Waals surface area (Å²) in [5.74, 6) is 1.71. The third kappa shape index (κ3) is 3.69. The van der Waals surface area contributed by atoms with E-state index in [2.05, 4.69) is 44.7 Å². The molecular formula is C12H16S. The Morgan fingerprint density at radius 3 is 2.92 bits per heavy atom. The molecule has 0 aliphatic rings. The summed E-state index contributed by atoms with van der Waals surface area (Å²) in [6.07, 6.45) is 2.00. The van der Waals surface area contributed by atoms with Crippen molar-refractivity contribution in [3.63, 3.8) is 0 Å². The van der Waals surface area contributed by atoms with Crippen molar-refractivity contribution in [2.75, 3.05) is 5.75 Å². The van der Waals surface area contributed by atoms with Gasteiger partial charge in [0, 0.05) is 10.6 Å². The summed E-state index contributed by atoms with van der Waals surface area (Å²) < 4.78 is 0. The molecule has 0 aliphatic carbocycles. The van der Waals surface area contributed by atoms with Crippen LogP contribution in [0.25, 0.3) is 0 Å². The van der Waals surface area contributed by atoms with E-state index in [1.165, 1.54) is 10.5 Å². The first-order valence-corrected chi connectivity index (χ1v) is 5.53. The molecule has 0 saturated heterocycles. The van der Waals surface area contributed by atoms with E-state index >= 15 is 0 Å². The zero-order valence-corrected chi connectivity index (χ0v) is 9.10.